The number of ether oxygens (including phenoxy) is 1. The predicted octanol–water partition coefficient (Wildman–Crippen LogP) is 0.923. The second kappa shape index (κ2) is 5.13. The molecule has 0 aliphatic heterocycles. The normalized spacial score (nSPS) is 15.6. The molecule has 0 spiro atoms. The maximum absolute atomic E-state index is 10.9. The van der Waals surface area contributed by atoms with Crippen LogP contribution in [0.25, 0.3) is 0 Å². The molecule has 2 N–H and O–H groups in total. The summed E-state index contributed by atoms with van der Waals surface area (Å²) >= 11 is 0. The van der Waals surface area contributed by atoms with E-state index < -0.39 is 6.04 Å². The van der Waals surface area contributed by atoms with Crippen molar-refractivity contribution in [2.24, 2.45) is 11.7 Å². The number of rotatable bonds is 4. The molecule has 0 aromatic rings. The third-order valence-corrected chi connectivity index (χ3v) is 1.83. The Kier molecular flexibility index (Phi) is 4.86. The van der Waals surface area contributed by atoms with Gasteiger partial charge in [0.15, 0.2) is 0 Å². The van der Waals surface area contributed by atoms with E-state index in [0.29, 0.717) is 0 Å². The lowest BCUT2D eigenvalue weighted by atomic mass is 9.98. The Bertz CT molecular complexity index is 125. The van der Waals surface area contributed by atoms with E-state index in [1.165, 1.54) is 7.11 Å². The van der Waals surface area contributed by atoms with Gasteiger partial charge in [0.05, 0.1) is 7.11 Å². The van der Waals surface area contributed by atoms with E-state index in [1.807, 2.05) is 6.92 Å². The molecule has 2 atom stereocenters. The van der Waals surface area contributed by atoms with Gasteiger partial charge in [-0.2, -0.15) is 0 Å². The maximum atomic E-state index is 10.9. The highest BCUT2D eigenvalue weighted by Crippen LogP contribution is 2.09. The van der Waals surface area contributed by atoms with Crippen molar-refractivity contribution in [3.63, 3.8) is 0 Å². The minimum Gasteiger partial charge on any atom is -0.468 e. The summed E-state index contributed by atoms with van der Waals surface area (Å²) in [6.07, 6.45) is 2.02. The lowest BCUT2D eigenvalue weighted by Gasteiger charge is -2.16. The molecule has 0 saturated carbocycles. The zero-order valence-corrected chi connectivity index (χ0v) is 7.46. The van der Waals surface area contributed by atoms with Crippen molar-refractivity contribution in [1.82, 2.24) is 0 Å². The van der Waals surface area contributed by atoms with Crippen molar-refractivity contribution in [3.8, 4) is 0 Å². The molecule has 3 heteroatoms. The summed E-state index contributed by atoms with van der Waals surface area (Å²) in [5.41, 5.74) is 5.58. The lowest BCUT2D eigenvalue weighted by molar-refractivity contribution is -0.143. The van der Waals surface area contributed by atoms with E-state index in [4.69, 9.17) is 5.73 Å². The zero-order chi connectivity index (χ0) is 8.85. The highest BCUT2D eigenvalue weighted by Gasteiger charge is 2.19. The first-order chi connectivity index (χ1) is 5.13. The zero-order valence-electron chi connectivity index (χ0n) is 7.46. The van der Waals surface area contributed by atoms with Crippen LogP contribution < -0.4 is 5.73 Å². The van der Waals surface area contributed by atoms with Crippen LogP contribution in [0.4, 0.5) is 0 Å². The van der Waals surface area contributed by atoms with Crippen molar-refractivity contribution in [2.75, 3.05) is 7.11 Å². The van der Waals surface area contributed by atoms with E-state index in [0.717, 1.165) is 12.8 Å². The van der Waals surface area contributed by atoms with Crippen LogP contribution in [0.2, 0.25) is 0 Å². The van der Waals surface area contributed by atoms with E-state index in [-0.39, 0.29) is 11.9 Å². The third kappa shape index (κ3) is 3.37. The average molecular weight is 159 g/mol. The molecule has 0 bridgehead atoms. The molecular weight excluding hydrogens is 142 g/mol. The Morgan fingerprint density at radius 1 is 1.64 bits per heavy atom. The van der Waals surface area contributed by atoms with Gasteiger partial charge in [0.2, 0.25) is 0 Å². The average Bonchev–Trinajstić information content (AvgIpc) is 2.02. The van der Waals surface area contributed by atoms with Gasteiger partial charge in [-0.25, -0.2) is 0 Å². The molecule has 0 fully saturated rings. The summed E-state index contributed by atoms with van der Waals surface area (Å²) in [5, 5.41) is 0. The van der Waals surface area contributed by atoms with E-state index in [2.05, 4.69) is 11.7 Å². The molecule has 66 valence electrons. The Labute approximate surface area is 67.9 Å². The van der Waals surface area contributed by atoms with Crippen LogP contribution in [0.3, 0.4) is 0 Å². The minimum atomic E-state index is -0.458. The van der Waals surface area contributed by atoms with Gasteiger partial charge in [-0.3, -0.25) is 4.79 Å². The molecule has 0 saturated heterocycles. The van der Waals surface area contributed by atoms with Gasteiger partial charge >= 0.3 is 5.97 Å². The van der Waals surface area contributed by atoms with Crippen LogP contribution in [0.15, 0.2) is 0 Å². The molecule has 0 aromatic carbocycles. The van der Waals surface area contributed by atoms with Gasteiger partial charge in [-0.15, -0.1) is 0 Å². The SMILES string of the molecule is CCCC(C)C(N)C(=O)OC. The van der Waals surface area contributed by atoms with E-state index in [9.17, 15) is 4.79 Å². The van der Waals surface area contributed by atoms with Crippen molar-refractivity contribution in [3.05, 3.63) is 0 Å². The van der Waals surface area contributed by atoms with Crippen LogP contribution in [0.5, 0.6) is 0 Å². The summed E-state index contributed by atoms with van der Waals surface area (Å²) in [6, 6.07) is -0.458. The van der Waals surface area contributed by atoms with Gasteiger partial charge in [-0.1, -0.05) is 20.3 Å². The Morgan fingerprint density at radius 3 is 2.55 bits per heavy atom. The van der Waals surface area contributed by atoms with Crippen LogP contribution >= 0.6 is 0 Å². The molecule has 3 nitrogen and oxygen atoms in total. The highest BCUT2D eigenvalue weighted by molar-refractivity contribution is 5.75. The summed E-state index contributed by atoms with van der Waals surface area (Å²) in [5.74, 6) is -0.0987. The van der Waals surface area contributed by atoms with Crippen LogP contribution in [-0.4, -0.2) is 19.1 Å². The summed E-state index contributed by atoms with van der Waals surface area (Å²) in [7, 11) is 1.36. The lowest BCUT2D eigenvalue weighted by Crippen LogP contribution is -2.37. The monoisotopic (exact) mass is 159 g/mol. The number of carbonyl (C=O) groups is 1. The summed E-state index contributed by atoms with van der Waals surface area (Å²) in [4.78, 5) is 10.9. The second-order valence-electron chi connectivity index (χ2n) is 2.81. The first-order valence-electron chi connectivity index (χ1n) is 3.96. The molecule has 0 aliphatic carbocycles. The molecule has 0 radical (unpaired) electrons. The fourth-order valence-corrected chi connectivity index (χ4v) is 1.00. The third-order valence-electron chi connectivity index (χ3n) is 1.83. The topological polar surface area (TPSA) is 52.3 Å². The van der Waals surface area contributed by atoms with Gasteiger partial charge in [0.25, 0.3) is 0 Å². The number of esters is 1. The molecule has 2 unspecified atom stereocenters. The smallest absolute Gasteiger partial charge is 0.322 e. The Hall–Kier alpha value is -0.570. The fourth-order valence-electron chi connectivity index (χ4n) is 1.00. The maximum Gasteiger partial charge on any atom is 0.322 e. The van der Waals surface area contributed by atoms with E-state index >= 15 is 0 Å². The Balaban J connectivity index is 3.80. The molecule has 0 rings (SSSR count). The molecular formula is C8H17NO2. The van der Waals surface area contributed by atoms with Crippen LogP contribution in [0, 0.1) is 5.92 Å². The van der Waals surface area contributed by atoms with Gasteiger partial charge < -0.3 is 10.5 Å². The molecule has 0 amide bonds. The number of hydrogen-bond donors (Lipinski definition) is 1. The quantitative estimate of drug-likeness (QED) is 0.621. The molecule has 0 aliphatic rings. The first kappa shape index (κ1) is 10.4. The number of nitrogens with two attached hydrogens (primary N) is 1. The highest BCUT2D eigenvalue weighted by atomic mass is 16.5. The van der Waals surface area contributed by atoms with Gasteiger partial charge in [0, 0.05) is 0 Å². The molecule has 0 heterocycles. The standard InChI is InChI=1S/C8H17NO2/c1-4-5-6(2)7(9)8(10)11-3/h6-7H,4-5,9H2,1-3H3. The van der Waals surface area contributed by atoms with Crippen LogP contribution in [-0.2, 0) is 9.53 Å². The van der Waals surface area contributed by atoms with Gasteiger partial charge in [0.1, 0.15) is 6.04 Å². The number of carbonyl (C=O) groups excluding carboxylic acids is 1. The van der Waals surface area contributed by atoms with Crippen molar-refractivity contribution >= 4 is 5.97 Å². The Morgan fingerprint density at radius 2 is 2.18 bits per heavy atom. The molecule has 0 aromatic heterocycles. The summed E-state index contributed by atoms with van der Waals surface area (Å²) < 4.78 is 4.52. The summed E-state index contributed by atoms with van der Waals surface area (Å²) in [6.45, 7) is 4.03. The minimum absolute atomic E-state index is 0.215. The largest absolute Gasteiger partial charge is 0.468 e. The number of methoxy groups -OCH3 is 1. The van der Waals surface area contributed by atoms with E-state index in [1.54, 1.807) is 0 Å². The van der Waals surface area contributed by atoms with Crippen molar-refractivity contribution in [1.29, 1.82) is 0 Å². The predicted molar refractivity (Wildman–Crippen MR) is 44.1 cm³/mol. The first-order valence-corrected chi connectivity index (χ1v) is 3.96. The van der Waals surface area contributed by atoms with Crippen LogP contribution in [0.1, 0.15) is 26.7 Å². The fraction of sp³-hybridized carbons (Fsp3) is 0.875. The van der Waals surface area contributed by atoms with Crippen molar-refractivity contribution in [2.45, 2.75) is 32.7 Å². The molecule has 11 heavy (non-hydrogen) atoms. The van der Waals surface area contributed by atoms with Gasteiger partial charge in [-0.05, 0) is 12.3 Å². The number of hydrogen-bond acceptors (Lipinski definition) is 3. The van der Waals surface area contributed by atoms with Crippen molar-refractivity contribution < 1.29 is 9.53 Å². The second-order valence-corrected chi connectivity index (χ2v) is 2.81.